The monoisotopic (exact) mass is 374 g/mol. The highest BCUT2D eigenvalue weighted by molar-refractivity contribution is 5.74. The van der Waals surface area contributed by atoms with Gasteiger partial charge in [-0.3, -0.25) is 0 Å². The van der Waals surface area contributed by atoms with Gasteiger partial charge in [0.05, 0.1) is 13.2 Å². The lowest BCUT2D eigenvalue weighted by Crippen LogP contribution is -2.58. The van der Waals surface area contributed by atoms with Crippen LogP contribution in [0.15, 0.2) is 30.3 Å². The average molecular weight is 374 g/mol. The lowest BCUT2D eigenvalue weighted by Gasteiger charge is -2.43. The minimum absolute atomic E-state index is 0.148. The van der Waals surface area contributed by atoms with E-state index in [9.17, 15) is 9.18 Å². The Morgan fingerprint density at radius 2 is 1.52 bits per heavy atom. The molecule has 0 N–H and O–H groups in total. The van der Waals surface area contributed by atoms with Gasteiger partial charge < -0.3 is 14.5 Å². The molecule has 3 aliphatic heterocycles. The average Bonchev–Trinajstić information content (AvgIpc) is 2.75. The largest absolute Gasteiger partial charge is 0.378 e. The number of rotatable bonds is 2. The molecule has 0 unspecified atom stereocenters. The van der Waals surface area contributed by atoms with Gasteiger partial charge in [0.2, 0.25) is 0 Å². The van der Waals surface area contributed by atoms with Gasteiger partial charge in [0.25, 0.3) is 0 Å². The van der Waals surface area contributed by atoms with Crippen molar-refractivity contribution in [2.45, 2.75) is 6.42 Å². The molecule has 27 heavy (non-hydrogen) atoms. The summed E-state index contributed by atoms with van der Waals surface area (Å²) >= 11 is 0. The van der Waals surface area contributed by atoms with Crippen LogP contribution in [0.5, 0.6) is 0 Å². The second-order valence-corrected chi connectivity index (χ2v) is 7.22. The first-order valence-electron chi connectivity index (χ1n) is 9.77. The van der Waals surface area contributed by atoms with Crippen LogP contribution in [-0.4, -0.2) is 91.4 Å². The molecule has 146 valence electrons. The Labute approximate surface area is 159 Å². The fourth-order valence-electron chi connectivity index (χ4n) is 3.97. The highest BCUT2D eigenvalue weighted by Gasteiger charge is 2.29. The molecule has 3 heterocycles. The Morgan fingerprint density at radius 1 is 0.852 bits per heavy atom. The Bertz CT molecular complexity index is 680. The number of urea groups is 1. The van der Waals surface area contributed by atoms with E-state index in [1.807, 2.05) is 21.9 Å². The maximum atomic E-state index is 13.1. The molecule has 0 aliphatic carbocycles. The summed E-state index contributed by atoms with van der Waals surface area (Å²) in [6.45, 7) is 7.77. The van der Waals surface area contributed by atoms with E-state index >= 15 is 0 Å². The van der Waals surface area contributed by atoms with Crippen LogP contribution in [-0.2, 0) is 4.74 Å². The molecule has 0 radical (unpaired) electrons. The van der Waals surface area contributed by atoms with Crippen molar-refractivity contribution < 1.29 is 13.9 Å². The summed E-state index contributed by atoms with van der Waals surface area (Å²) < 4.78 is 18.4. The summed E-state index contributed by atoms with van der Waals surface area (Å²) in [5.41, 5.74) is 2.39. The molecule has 0 bridgehead atoms. The summed E-state index contributed by atoms with van der Waals surface area (Å²) in [6, 6.07) is 6.90. The number of piperazine rings is 1. The van der Waals surface area contributed by atoms with E-state index in [4.69, 9.17) is 4.74 Å². The molecule has 0 spiro atoms. The summed E-state index contributed by atoms with van der Waals surface area (Å²) in [5.74, 6) is -0.193. The second kappa shape index (κ2) is 8.37. The van der Waals surface area contributed by atoms with Gasteiger partial charge in [-0.05, 0) is 29.7 Å². The van der Waals surface area contributed by atoms with Gasteiger partial charge in [0, 0.05) is 52.4 Å². The SMILES string of the molecule is O=C(N1CCOCC1)N1CCN(N2CC=C(c3ccc(F)cc3)CC2)CC1. The van der Waals surface area contributed by atoms with E-state index in [-0.39, 0.29) is 11.8 Å². The number of carbonyl (C=O) groups is 1. The second-order valence-electron chi connectivity index (χ2n) is 7.22. The van der Waals surface area contributed by atoms with Gasteiger partial charge >= 0.3 is 6.03 Å². The minimum Gasteiger partial charge on any atom is -0.378 e. The topological polar surface area (TPSA) is 39.3 Å². The van der Waals surface area contributed by atoms with E-state index in [0.717, 1.165) is 51.3 Å². The predicted octanol–water partition coefficient (Wildman–Crippen LogP) is 1.90. The molecule has 7 heteroatoms. The molecular formula is C20H27FN4O2. The van der Waals surface area contributed by atoms with Crippen LogP contribution in [0.3, 0.4) is 0 Å². The normalized spacial score (nSPS) is 22.6. The fourth-order valence-corrected chi connectivity index (χ4v) is 3.97. The minimum atomic E-state index is -0.193. The zero-order valence-electron chi connectivity index (χ0n) is 15.6. The zero-order valence-corrected chi connectivity index (χ0v) is 15.6. The first-order chi connectivity index (χ1) is 13.2. The summed E-state index contributed by atoms with van der Waals surface area (Å²) in [7, 11) is 0. The van der Waals surface area contributed by atoms with E-state index in [2.05, 4.69) is 16.1 Å². The molecule has 0 aromatic heterocycles. The molecule has 0 saturated carbocycles. The molecule has 2 amide bonds. The predicted molar refractivity (Wildman–Crippen MR) is 102 cm³/mol. The van der Waals surface area contributed by atoms with Crippen molar-refractivity contribution in [2.24, 2.45) is 0 Å². The number of carbonyl (C=O) groups excluding carboxylic acids is 1. The number of amides is 2. The molecule has 1 aromatic carbocycles. The quantitative estimate of drug-likeness (QED) is 0.793. The highest BCUT2D eigenvalue weighted by atomic mass is 19.1. The van der Waals surface area contributed by atoms with Crippen LogP contribution in [0.1, 0.15) is 12.0 Å². The molecule has 2 saturated heterocycles. The van der Waals surface area contributed by atoms with Gasteiger partial charge in [0.1, 0.15) is 5.82 Å². The Balaban J connectivity index is 1.28. The first kappa shape index (κ1) is 18.4. The standard InChI is InChI=1S/C20H27FN4O2/c21-19-3-1-17(2-4-19)18-5-7-24(8-6-18)25-11-9-22(10-12-25)20(26)23-13-15-27-16-14-23/h1-5H,6-16H2. The molecule has 0 atom stereocenters. The van der Waals surface area contributed by atoms with Crippen molar-refractivity contribution in [2.75, 3.05) is 65.6 Å². The first-order valence-corrected chi connectivity index (χ1v) is 9.77. The maximum absolute atomic E-state index is 13.1. The third-order valence-electron chi connectivity index (χ3n) is 5.61. The number of hydrogen-bond acceptors (Lipinski definition) is 4. The number of ether oxygens (including phenoxy) is 1. The van der Waals surface area contributed by atoms with Crippen molar-refractivity contribution in [3.63, 3.8) is 0 Å². The van der Waals surface area contributed by atoms with Crippen LogP contribution < -0.4 is 0 Å². The van der Waals surface area contributed by atoms with Gasteiger partial charge in [0.15, 0.2) is 0 Å². The van der Waals surface area contributed by atoms with Crippen molar-refractivity contribution in [1.29, 1.82) is 0 Å². The Morgan fingerprint density at radius 3 is 2.15 bits per heavy atom. The van der Waals surface area contributed by atoms with Crippen LogP contribution in [0.2, 0.25) is 0 Å². The maximum Gasteiger partial charge on any atom is 0.320 e. The van der Waals surface area contributed by atoms with E-state index in [1.54, 1.807) is 0 Å². The van der Waals surface area contributed by atoms with Crippen molar-refractivity contribution in [3.8, 4) is 0 Å². The molecule has 6 nitrogen and oxygen atoms in total. The number of morpholine rings is 1. The van der Waals surface area contributed by atoms with Crippen LogP contribution in [0, 0.1) is 5.82 Å². The summed E-state index contributed by atoms with van der Waals surface area (Å²) in [4.78, 5) is 16.5. The van der Waals surface area contributed by atoms with Crippen LogP contribution >= 0.6 is 0 Å². The van der Waals surface area contributed by atoms with E-state index < -0.39 is 0 Å². The molecule has 1 aromatic rings. The van der Waals surface area contributed by atoms with Gasteiger partial charge in [-0.1, -0.05) is 18.2 Å². The van der Waals surface area contributed by atoms with E-state index in [1.165, 1.54) is 17.7 Å². The van der Waals surface area contributed by atoms with Crippen molar-refractivity contribution >= 4 is 11.6 Å². The van der Waals surface area contributed by atoms with Gasteiger partial charge in [-0.15, -0.1) is 0 Å². The zero-order chi connectivity index (χ0) is 18.6. The smallest absolute Gasteiger partial charge is 0.320 e. The van der Waals surface area contributed by atoms with Crippen molar-refractivity contribution in [1.82, 2.24) is 19.8 Å². The number of hydrogen-bond donors (Lipinski definition) is 0. The van der Waals surface area contributed by atoms with Crippen LogP contribution in [0.4, 0.5) is 9.18 Å². The lowest BCUT2D eigenvalue weighted by atomic mass is 10.00. The Kier molecular flexibility index (Phi) is 5.71. The lowest BCUT2D eigenvalue weighted by molar-refractivity contribution is -0.0467. The number of halogens is 1. The number of hydrazine groups is 1. The third kappa shape index (κ3) is 4.31. The van der Waals surface area contributed by atoms with E-state index in [0.29, 0.717) is 26.3 Å². The summed E-state index contributed by atoms with van der Waals surface area (Å²) in [5, 5.41) is 4.73. The molecule has 2 fully saturated rings. The molecular weight excluding hydrogens is 347 g/mol. The molecule has 4 rings (SSSR count). The Hall–Kier alpha value is -1.96. The fraction of sp³-hybridized carbons (Fsp3) is 0.550. The number of benzene rings is 1. The van der Waals surface area contributed by atoms with Gasteiger partial charge in [-0.2, -0.15) is 0 Å². The number of nitrogens with zero attached hydrogens (tertiary/aromatic N) is 4. The van der Waals surface area contributed by atoms with Gasteiger partial charge in [-0.25, -0.2) is 19.2 Å². The highest BCUT2D eigenvalue weighted by Crippen LogP contribution is 2.23. The van der Waals surface area contributed by atoms with Crippen molar-refractivity contribution in [3.05, 3.63) is 41.7 Å². The molecule has 3 aliphatic rings. The summed E-state index contributed by atoms with van der Waals surface area (Å²) in [6.07, 6.45) is 3.19. The third-order valence-corrected chi connectivity index (χ3v) is 5.61. The van der Waals surface area contributed by atoms with Crippen LogP contribution in [0.25, 0.3) is 5.57 Å².